The molecule has 0 bridgehead atoms. The molecule has 9 heteroatoms. The first-order valence-electron chi connectivity index (χ1n) is 10.4. The molecule has 0 rings (SSSR count). The highest BCUT2D eigenvalue weighted by Crippen LogP contribution is 2.29. The van der Waals surface area contributed by atoms with Crippen LogP contribution in [0.3, 0.4) is 0 Å². The fourth-order valence-corrected chi connectivity index (χ4v) is 4.58. The van der Waals surface area contributed by atoms with Crippen molar-refractivity contribution in [3.8, 4) is 0 Å². The minimum absolute atomic E-state index is 0.00101. The van der Waals surface area contributed by atoms with Gasteiger partial charge in [0.1, 0.15) is 13.6 Å². The van der Waals surface area contributed by atoms with Gasteiger partial charge in [0.25, 0.3) is 10.1 Å². The van der Waals surface area contributed by atoms with Crippen molar-refractivity contribution in [2.45, 2.75) is 52.4 Å². The van der Waals surface area contributed by atoms with Gasteiger partial charge in [-0.25, -0.2) is 0 Å². The summed E-state index contributed by atoms with van der Waals surface area (Å²) < 4.78 is 52.9. The Hall–Kier alpha value is -0.290. The van der Waals surface area contributed by atoms with Gasteiger partial charge in [0.05, 0.1) is 5.75 Å². The summed E-state index contributed by atoms with van der Waals surface area (Å²) in [6.45, 7) is 5.80. The van der Waals surface area contributed by atoms with Crippen LogP contribution in [-0.2, 0) is 29.1 Å². The van der Waals surface area contributed by atoms with Gasteiger partial charge in [0.2, 0.25) is 0 Å². The molecule has 0 saturated heterocycles. The molecular formula is C20H42O8S. The number of aliphatic hydroxyl groups is 1. The van der Waals surface area contributed by atoms with E-state index in [0.717, 1.165) is 25.7 Å². The summed E-state index contributed by atoms with van der Waals surface area (Å²) in [4.78, 5) is 0. The Labute approximate surface area is 177 Å². The van der Waals surface area contributed by atoms with Crippen LogP contribution < -0.4 is 0 Å². The van der Waals surface area contributed by atoms with Gasteiger partial charge < -0.3 is 24.1 Å². The summed E-state index contributed by atoms with van der Waals surface area (Å²) in [6, 6.07) is 0. The van der Waals surface area contributed by atoms with Crippen molar-refractivity contribution in [3.63, 3.8) is 0 Å². The molecular weight excluding hydrogens is 400 g/mol. The van der Waals surface area contributed by atoms with Gasteiger partial charge in [-0.3, -0.25) is 4.55 Å². The summed E-state index contributed by atoms with van der Waals surface area (Å²) in [5, 5.41) is 9.83. The number of rotatable bonds is 20. The predicted molar refractivity (Wildman–Crippen MR) is 112 cm³/mol. The number of hydrogen-bond donors (Lipinski definition) is 2. The number of hydrogen-bond acceptors (Lipinski definition) is 7. The third kappa shape index (κ3) is 17.1. The van der Waals surface area contributed by atoms with Crippen molar-refractivity contribution < 1.29 is 37.0 Å². The molecule has 0 aliphatic carbocycles. The second-order valence-corrected chi connectivity index (χ2v) is 9.45. The summed E-state index contributed by atoms with van der Waals surface area (Å²) in [6.07, 6.45) is 4.57. The van der Waals surface area contributed by atoms with E-state index in [1.54, 1.807) is 14.2 Å². The normalized spacial score (nSPS) is 16.5. The highest BCUT2D eigenvalue weighted by molar-refractivity contribution is 7.85. The molecule has 4 unspecified atom stereocenters. The van der Waals surface area contributed by atoms with Crippen LogP contribution in [0.2, 0.25) is 0 Å². The maximum Gasteiger partial charge on any atom is 0.265 e. The Bertz CT molecular complexity index is 471. The van der Waals surface area contributed by atoms with Crippen molar-refractivity contribution >= 4 is 10.1 Å². The molecule has 0 aromatic heterocycles. The second kappa shape index (κ2) is 17.4. The summed E-state index contributed by atoms with van der Waals surface area (Å²) in [5.74, 6) is 0.134. The lowest BCUT2D eigenvalue weighted by Gasteiger charge is -2.27. The molecule has 0 aliphatic heterocycles. The van der Waals surface area contributed by atoms with E-state index in [4.69, 9.17) is 18.9 Å². The Morgan fingerprint density at radius 3 is 1.90 bits per heavy atom. The zero-order valence-electron chi connectivity index (χ0n) is 18.5. The monoisotopic (exact) mass is 442 g/mol. The fraction of sp³-hybridized carbons (Fsp3) is 1.00. The third-order valence-electron chi connectivity index (χ3n) is 5.18. The van der Waals surface area contributed by atoms with Crippen LogP contribution in [0.4, 0.5) is 0 Å². The molecule has 0 heterocycles. The maximum atomic E-state index is 11.5. The van der Waals surface area contributed by atoms with E-state index in [-0.39, 0.29) is 43.7 Å². The number of aliphatic hydroxyl groups excluding tert-OH is 1. The van der Waals surface area contributed by atoms with Gasteiger partial charge in [-0.05, 0) is 55.8 Å². The van der Waals surface area contributed by atoms with Gasteiger partial charge in [-0.15, -0.1) is 0 Å². The zero-order valence-corrected chi connectivity index (χ0v) is 19.4. The molecule has 0 saturated carbocycles. The first-order chi connectivity index (χ1) is 13.8. The second-order valence-electron chi connectivity index (χ2n) is 7.96. The van der Waals surface area contributed by atoms with Crippen molar-refractivity contribution in [2.24, 2.45) is 23.7 Å². The van der Waals surface area contributed by atoms with E-state index in [0.29, 0.717) is 32.0 Å². The summed E-state index contributed by atoms with van der Waals surface area (Å²) in [7, 11) is -0.930. The van der Waals surface area contributed by atoms with Crippen LogP contribution in [0, 0.1) is 23.7 Å². The standard InChI is InChI=1S/C20H42O8S/c1-5-18(7-9-28-16-26-4)11-20(14-29(22,23)24)12-19(13-21)10-17(2)6-8-27-15-25-3/h17-21H,5-16H2,1-4H3,(H,22,23,24). The van der Waals surface area contributed by atoms with Crippen LogP contribution in [-0.4, -0.2) is 71.5 Å². The lowest BCUT2D eigenvalue weighted by Crippen LogP contribution is -2.24. The zero-order chi connectivity index (χ0) is 22.1. The van der Waals surface area contributed by atoms with Gasteiger partial charge in [0, 0.05) is 34.0 Å². The lowest BCUT2D eigenvalue weighted by molar-refractivity contribution is -0.0354. The van der Waals surface area contributed by atoms with Gasteiger partial charge in [0.15, 0.2) is 0 Å². The Morgan fingerprint density at radius 1 is 0.862 bits per heavy atom. The van der Waals surface area contributed by atoms with Crippen LogP contribution in [0.1, 0.15) is 52.4 Å². The molecule has 0 aromatic carbocycles. The molecule has 0 aliphatic rings. The van der Waals surface area contributed by atoms with Gasteiger partial charge in [-0.2, -0.15) is 8.42 Å². The van der Waals surface area contributed by atoms with E-state index in [9.17, 15) is 18.1 Å². The van der Waals surface area contributed by atoms with Crippen molar-refractivity contribution in [1.82, 2.24) is 0 Å². The molecule has 0 aromatic rings. The van der Waals surface area contributed by atoms with E-state index in [1.165, 1.54) is 0 Å². The highest BCUT2D eigenvalue weighted by atomic mass is 32.2. The predicted octanol–water partition coefficient (Wildman–Crippen LogP) is 2.95. The van der Waals surface area contributed by atoms with Crippen LogP contribution in [0.5, 0.6) is 0 Å². The first-order valence-corrected chi connectivity index (χ1v) is 12.1. The average Bonchev–Trinajstić information content (AvgIpc) is 2.65. The van der Waals surface area contributed by atoms with Crippen molar-refractivity contribution in [1.29, 1.82) is 0 Å². The number of ether oxygens (including phenoxy) is 4. The maximum absolute atomic E-state index is 11.5. The van der Waals surface area contributed by atoms with Crippen LogP contribution in [0.25, 0.3) is 0 Å². The minimum atomic E-state index is -4.08. The smallest absolute Gasteiger partial charge is 0.265 e. The quantitative estimate of drug-likeness (QED) is 0.168. The van der Waals surface area contributed by atoms with E-state index in [2.05, 4.69) is 13.8 Å². The molecule has 0 spiro atoms. The van der Waals surface area contributed by atoms with Crippen LogP contribution in [0.15, 0.2) is 0 Å². The van der Waals surface area contributed by atoms with E-state index >= 15 is 0 Å². The molecule has 8 nitrogen and oxygen atoms in total. The molecule has 176 valence electrons. The summed E-state index contributed by atoms with van der Waals surface area (Å²) in [5.41, 5.74) is 0. The van der Waals surface area contributed by atoms with Crippen molar-refractivity contribution in [2.75, 3.05) is 53.4 Å². The minimum Gasteiger partial charge on any atom is -0.396 e. The molecule has 4 atom stereocenters. The average molecular weight is 443 g/mol. The largest absolute Gasteiger partial charge is 0.396 e. The Morgan fingerprint density at radius 2 is 1.41 bits per heavy atom. The van der Waals surface area contributed by atoms with Gasteiger partial charge >= 0.3 is 0 Å². The first kappa shape index (κ1) is 28.7. The Kier molecular flexibility index (Phi) is 17.2. The third-order valence-corrected chi connectivity index (χ3v) is 6.07. The molecule has 29 heavy (non-hydrogen) atoms. The Balaban J connectivity index is 4.73. The summed E-state index contributed by atoms with van der Waals surface area (Å²) >= 11 is 0. The topological polar surface area (TPSA) is 112 Å². The van der Waals surface area contributed by atoms with E-state index < -0.39 is 10.1 Å². The molecule has 0 fully saturated rings. The highest BCUT2D eigenvalue weighted by Gasteiger charge is 2.25. The lowest BCUT2D eigenvalue weighted by atomic mass is 9.82. The van der Waals surface area contributed by atoms with Gasteiger partial charge in [-0.1, -0.05) is 20.3 Å². The molecule has 2 N–H and O–H groups in total. The fourth-order valence-electron chi connectivity index (χ4n) is 3.71. The molecule has 0 amide bonds. The van der Waals surface area contributed by atoms with E-state index in [1.807, 2.05) is 0 Å². The van der Waals surface area contributed by atoms with Crippen LogP contribution >= 0.6 is 0 Å². The number of methoxy groups -OCH3 is 2. The molecule has 0 radical (unpaired) electrons. The SMILES string of the molecule is CCC(CCOCOC)CC(CC(CO)CC(C)CCOCOC)CS(=O)(=O)O. The van der Waals surface area contributed by atoms with Crippen molar-refractivity contribution in [3.05, 3.63) is 0 Å².